The van der Waals surface area contributed by atoms with Crippen LogP contribution in [0.3, 0.4) is 0 Å². The zero-order valence-corrected chi connectivity index (χ0v) is 10.6. The van der Waals surface area contributed by atoms with Crippen molar-refractivity contribution in [3.63, 3.8) is 0 Å². The van der Waals surface area contributed by atoms with E-state index in [1.807, 2.05) is 6.92 Å². The summed E-state index contributed by atoms with van der Waals surface area (Å²) < 4.78 is 29.1. The number of carbonyl (C=O) groups excluding carboxylic acids is 1. The van der Waals surface area contributed by atoms with Gasteiger partial charge in [-0.05, 0) is 19.3 Å². The summed E-state index contributed by atoms with van der Waals surface area (Å²) >= 11 is 0. The summed E-state index contributed by atoms with van der Waals surface area (Å²) in [7, 11) is -3.19. The van der Waals surface area contributed by atoms with E-state index in [2.05, 4.69) is 0 Å². The van der Waals surface area contributed by atoms with Gasteiger partial charge in [-0.1, -0.05) is 6.92 Å². The smallest absolute Gasteiger partial charge is 0.310 e. The fourth-order valence-corrected chi connectivity index (χ4v) is 2.67. The number of ether oxygens (including phenoxy) is 1. The molecule has 1 unspecified atom stereocenters. The Hall–Kier alpha value is -0.620. The number of nitrogens with zero attached hydrogens (tertiary/aromatic N) is 1. The first-order valence-corrected chi connectivity index (χ1v) is 7.41. The van der Waals surface area contributed by atoms with Crippen LogP contribution in [0, 0.1) is 5.92 Å². The van der Waals surface area contributed by atoms with Crippen LogP contribution in [0.2, 0.25) is 0 Å². The molecular weight excluding hydrogens is 230 g/mol. The van der Waals surface area contributed by atoms with E-state index in [0.717, 1.165) is 12.8 Å². The SMILES string of the molecule is CCCOC(=O)C1CCCN(S(C)(=O)=O)C1. The summed E-state index contributed by atoms with van der Waals surface area (Å²) in [6.45, 7) is 3.11. The minimum Gasteiger partial charge on any atom is -0.465 e. The normalized spacial score (nSPS) is 23.0. The van der Waals surface area contributed by atoms with E-state index in [0.29, 0.717) is 19.6 Å². The third kappa shape index (κ3) is 3.75. The molecule has 1 rings (SSSR count). The van der Waals surface area contributed by atoms with Crippen molar-refractivity contribution in [2.75, 3.05) is 26.0 Å². The second-order valence-electron chi connectivity index (χ2n) is 4.13. The van der Waals surface area contributed by atoms with Gasteiger partial charge in [0.1, 0.15) is 0 Å². The third-order valence-corrected chi connectivity index (χ3v) is 3.90. The van der Waals surface area contributed by atoms with E-state index in [1.54, 1.807) is 0 Å². The van der Waals surface area contributed by atoms with Crippen molar-refractivity contribution < 1.29 is 17.9 Å². The highest BCUT2D eigenvalue weighted by molar-refractivity contribution is 7.88. The van der Waals surface area contributed by atoms with Crippen LogP contribution in [0.15, 0.2) is 0 Å². The van der Waals surface area contributed by atoms with E-state index in [-0.39, 0.29) is 18.4 Å². The lowest BCUT2D eigenvalue weighted by atomic mass is 10.00. The fourth-order valence-electron chi connectivity index (χ4n) is 1.76. The van der Waals surface area contributed by atoms with Crippen molar-refractivity contribution in [2.24, 2.45) is 5.92 Å². The Morgan fingerprint density at radius 1 is 1.50 bits per heavy atom. The average Bonchev–Trinajstić information content (AvgIpc) is 2.25. The number of carbonyl (C=O) groups is 1. The Labute approximate surface area is 96.8 Å². The monoisotopic (exact) mass is 249 g/mol. The largest absolute Gasteiger partial charge is 0.465 e. The molecular formula is C10H19NO4S. The highest BCUT2D eigenvalue weighted by Gasteiger charge is 2.30. The van der Waals surface area contributed by atoms with Gasteiger partial charge in [0.25, 0.3) is 0 Å². The number of hydrogen-bond acceptors (Lipinski definition) is 4. The summed E-state index contributed by atoms with van der Waals surface area (Å²) in [6, 6.07) is 0. The molecule has 0 radical (unpaired) electrons. The molecule has 0 aromatic heterocycles. The van der Waals surface area contributed by atoms with Crippen molar-refractivity contribution in [2.45, 2.75) is 26.2 Å². The van der Waals surface area contributed by atoms with Gasteiger partial charge in [0.05, 0.1) is 18.8 Å². The summed E-state index contributed by atoms with van der Waals surface area (Å²) in [5.41, 5.74) is 0. The van der Waals surface area contributed by atoms with Gasteiger partial charge in [0.15, 0.2) is 0 Å². The maximum atomic E-state index is 11.6. The van der Waals surface area contributed by atoms with E-state index < -0.39 is 10.0 Å². The zero-order chi connectivity index (χ0) is 12.2. The number of sulfonamides is 1. The zero-order valence-electron chi connectivity index (χ0n) is 9.81. The van der Waals surface area contributed by atoms with Crippen LogP contribution in [0.4, 0.5) is 0 Å². The molecule has 0 aromatic rings. The van der Waals surface area contributed by atoms with Crippen LogP contribution >= 0.6 is 0 Å². The molecule has 0 amide bonds. The lowest BCUT2D eigenvalue weighted by Gasteiger charge is -2.29. The molecule has 1 aliphatic rings. The van der Waals surface area contributed by atoms with Crippen LogP contribution in [-0.4, -0.2) is 44.6 Å². The van der Waals surface area contributed by atoms with Gasteiger partial charge in [0.2, 0.25) is 10.0 Å². The second-order valence-corrected chi connectivity index (χ2v) is 6.11. The predicted octanol–water partition coefficient (Wildman–Crippen LogP) is 0.611. The van der Waals surface area contributed by atoms with Crippen molar-refractivity contribution in [3.8, 4) is 0 Å². The molecule has 0 saturated carbocycles. The first-order valence-electron chi connectivity index (χ1n) is 5.57. The molecule has 0 aromatic carbocycles. The molecule has 0 bridgehead atoms. The Bertz CT molecular complexity index is 339. The van der Waals surface area contributed by atoms with Crippen LogP contribution in [0.25, 0.3) is 0 Å². The van der Waals surface area contributed by atoms with Gasteiger partial charge >= 0.3 is 5.97 Å². The quantitative estimate of drug-likeness (QED) is 0.685. The number of rotatable bonds is 4. The van der Waals surface area contributed by atoms with Crippen molar-refractivity contribution in [1.82, 2.24) is 4.31 Å². The van der Waals surface area contributed by atoms with Gasteiger partial charge in [-0.25, -0.2) is 12.7 Å². The highest BCUT2D eigenvalue weighted by Crippen LogP contribution is 2.19. The van der Waals surface area contributed by atoms with Crippen LogP contribution in [0.5, 0.6) is 0 Å². The highest BCUT2D eigenvalue weighted by atomic mass is 32.2. The van der Waals surface area contributed by atoms with Crippen molar-refractivity contribution in [1.29, 1.82) is 0 Å². The molecule has 16 heavy (non-hydrogen) atoms. The van der Waals surface area contributed by atoms with E-state index >= 15 is 0 Å². The standard InChI is InChI=1S/C10H19NO4S/c1-3-7-15-10(12)9-5-4-6-11(8-9)16(2,13)14/h9H,3-8H2,1-2H3. The molecule has 1 fully saturated rings. The lowest BCUT2D eigenvalue weighted by molar-refractivity contribution is -0.149. The molecule has 94 valence electrons. The maximum Gasteiger partial charge on any atom is 0.310 e. The summed E-state index contributed by atoms with van der Waals surface area (Å²) in [4.78, 5) is 11.6. The molecule has 1 aliphatic heterocycles. The minimum absolute atomic E-state index is 0.265. The Balaban J connectivity index is 2.54. The van der Waals surface area contributed by atoms with Gasteiger partial charge in [0, 0.05) is 13.1 Å². The predicted molar refractivity (Wildman–Crippen MR) is 60.4 cm³/mol. The number of esters is 1. The maximum absolute atomic E-state index is 11.6. The van der Waals surface area contributed by atoms with Crippen molar-refractivity contribution >= 4 is 16.0 Å². The Morgan fingerprint density at radius 2 is 2.19 bits per heavy atom. The molecule has 1 heterocycles. The minimum atomic E-state index is -3.19. The molecule has 0 N–H and O–H groups in total. The van der Waals surface area contributed by atoms with E-state index in [9.17, 15) is 13.2 Å². The fraction of sp³-hybridized carbons (Fsp3) is 0.900. The lowest BCUT2D eigenvalue weighted by Crippen LogP contribution is -2.42. The number of hydrogen-bond donors (Lipinski definition) is 0. The second kappa shape index (κ2) is 5.63. The van der Waals surface area contributed by atoms with Crippen LogP contribution in [-0.2, 0) is 19.6 Å². The molecule has 1 saturated heterocycles. The van der Waals surface area contributed by atoms with Gasteiger partial charge in [-0.3, -0.25) is 4.79 Å². The summed E-state index contributed by atoms with van der Waals surface area (Å²) in [5, 5.41) is 0. The van der Waals surface area contributed by atoms with Crippen molar-refractivity contribution in [3.05, 3.63) is 0 Å². The molecule has 1 atom stereocenters. The van der Waals surface area contributed by atoms with E-state index in [4.69, 9.17) is 4.74 Å². The summed E-state index contributed by atoms with van der Waals surface area (Å²) in [6.07, 6.45) is 3.40. The topological polar surface area (TPSA) is 63.7 Å². The Morgan fingerprint density at radius 3 is 2.75 bits per heavy atom. The van der Waals surface area contributed by atoms with Crippen LogP contribution < -0.4 is 0 Å². The van der Waals surface area contributed by atoms with Crippen LogP contribution in [0.1, 0.15) is 26.2 Å². The average molecular weight is 249 g/mol. The molecule has 0 spiro atoms. The van der Waals surface area contributed by atoms with Gasteiger partial charge < -0.3 is 4.74 Å². The summed E-state index contributed by atoms with van der Waals surface area (Å²) in [5.74, 6) is -0.565. The van der Waals surface area contributed by atoms with E-state index in [1.165, 1.54) is 10.6 Å². The van der Waals surface area contributed by atoms with Gasteiger partial charge in [-0.15, -0.1) is 0 Å². The molecule has 0 aliphatic carbocycles. The number of piperidine rings is 1. The first-order chi connectivity index (χ1) is 7.45. The first kappa shape index (κ1) is 13.4. The third-order valence-electron chi connectivity index (χ3n) is 2.63. The Kier molecular flexibility index (Phi) is 4.73. The molecule has 5 nitrogen and oxygen atoms in total. The van der Waals surface area contributed by atoms with Gasteiger partial charge in [-0.2, -0.15) is 0 Å². The molecule has 6 heteroatoms.